The van der Waals surface area contributed by atoms with Crippen LogP contribution in [0.15, 0.2) is 12.1 Å². The Morgan fingerprint density at radius 3 is 2.31 bits per heavy atom. The van der Waals surface area contributed by atoms with Crippen molar-refractivity contribution in [3.63, 3.8) is 0 Å². The van der Waals surface area contributed by atoms with E-state index >= 15 is 0 Å². The largest absolute Gasteiger partial charge is 0.383 e. The molecule has 0 saturated heterocycles. The number of anilines is 2. The number of carbonyl (C=O) groups excluding carboxylic acids is 1. The van der Waals surface area contributed by atoms with E-state index in [0.717, 1.165) is 12.2 Å². The number of nitrogens with one attached hydrogen (secondary N) is 2. The van der Waals surface area contributed by atoms with Crippen LogP contribution in [0.25, 0.3) is 0 Å². The van der Waals surface area contributed by atoms with Crippen LogP contribution < -0.4 is 10.6 Å². The van der Waals surface area contributed by atoms with Crippen molar-refractivity contribution in [2.24, 2.45) is 5.92 Å². The molecule has 1 amide bonds. The van der Waals surface area contributed by atoms with Crippen LogP contribution >= 0.6 is 23.2 Å². The Kier molecular flexibility index (Phi) is 4.90. The van der Waals surface area contributed by atoms with Gasteiger partial charge in [0, 0.05) is 6.54 Å². The Morgan fingerprint density at radius 1 is 1.25 bits per heavy atom. The molecule has 0 atom stereocenters. The minimum absolute atomic E-state index is 0.418. The molecule has 0 fully saturated rings. The summed E-state index contributed by atoms with van der Waals surface area (Å²) in [6.45, 7) is 4.99. The molecule has 3 nitrogen and oxygen atoms in total. The fourth-order valence-corrected chi connectivity index (χ4v) is 1.52. The lowest BCUT2D eigenvalue weighted by Gasteiger charge is -2.14. The van der Waals surface area contributed by atoms with Gasteiger partial charge in [0.1, 0.15) is 0 Å². The van der Waals surface area contributed by atoms with E-state index in [1.807, 2.05) is 0 Å². The third-order valence-corrected chi connectivity index (χ3v) is 2.70. The van der Waals surface area contributed by atoms with Gasteiger partial charge in [0.05, 0.1) is 21.4 Å². The standard InChI is InChI=1S/C11H14Cl2N2O/c1-7(2)5-14-10-3-8(12)9(13)4-11(10)15-6-16/h3-4,6-7,14H,5H2,1-2H3,(H,15,16). The van der Waals surface area contributed by atoms with E-state index in [1.54, 1.807) is 12.1 Å². The lowest BCUT2D eigenvalue weighted by molar-refractivity contribution is -0.105. The molecule has 0 aliphatic heterocycles. The van der Waals surface area contributed by atoms with Gasteiger partial charge >= 0.3 is 0 Å². The minimum atomic E-state index is 0.418. The number of carbonyl (C=O) groups is 1. The molecular formula is C11H14Cl2N2O. The third kappa shape index (κ3) is 3.58. The van der Waals surface area contributed by atoms with Crippen molar-refractivity contribution in [3.8, 4) is 0 Å². The zero-order valence-electron chi connectivity index (χ0n) is 9.18. The van der Waals surface area contributed by atoms with Gasteiger partial charge in [-0.15, -0.1) is 0 Å². The molecule has 0 aliphatic carbocycles. The van der Waals surface area contributed by atoms with Gasteiger partial charge in [-0.05, 0) is 18.1 Å². The van der Waals surface area contributed by atoms with E-state index in [0.29, 0.717) is 28.1 Å². The molecule has 0 aliphatic rings. The summed E-state index contributed by atoms with van der Waals surface area (Å²) in [7, 11) is 0. The molecule has 2 N–H and O–H groups in total. The first kappa shape index (κ1) is 13.1. The average molecular weight is 261 g/mol. The van der Waals surface area contributed by atoms with Gasteiger partial charge in [-0.2, -0.15) is 0 Å². The van der Waals surface area contributed by atoms with E-state index < -0.39 is 0 Å². The fourth-order valence-electron chi connectivity index (χ4n) is 1.19. The molecule has 0 saturated carbocycles. The molecule has 0 aromatic heterocycles. The highest BCUT2D eigenvalue weighted by Gasteiger charge is 2.07. The Hall–Kier alpha value is -0.930. The first-order chi connectivity index (χ1) is 7.54. The molecule has 16 heavy (non-hydrogen) atoms. The van der Waals surface area contributed by atoms with Crippen LogP contribution in [-0.4, -0.2) is 13.0 Å². The van der Waals surface area contributed by atoms with Crippen molar-refractivity contribution in [3.05, 3.63) is 22.2 Å². The molecule has 0 radical (unpaired) electrons. The van der Waals surface area contributed by atoms with E-state index in [1.165, 1.54) is 0 Å². The van der Waals surface area contributed by atoms with Crippen molar-refractivity contribution >= 4 is 41.0 Å². The molecular weight excluding hydrogens is 247 g/mol. The van der Waals surface area contributed by atoms with Crippen molar-refractivity contribution < 1.29 is 4.79 Å². The molecule has 0 bridgehead atoms. The predicted molar refractivity (Wildman–Crippen MR) is 69.5 cm³/mol. The summed E-state index contributed by atoms with van der Waals surface area (Å²) in [5.41, 5.74) is 1.40. The van der Waals surface area contributed by atoms with Crippen LogP contribution in [-0.2, 0) is 4.79 Å². The van der Waals surface area contributed by atoms with E-state index in [-0.39, 0.29) is 0 Å². The average Bonchev–Trinajstić information content (AvgIpc) is 2.21. The van der Waals surface area contributed by atoms with Gasteiger partial charge in [0.2, 0.25) is 6.41 Å². The number of benzene rings is 1. The monoisotopic (exact) mass is 260 g/mol. The Labute approximate surface area is 105 Å². The SMILES string of the molecule is CC(C)CNc1cc(Cl)c(Cl)cc1NC=O. The maximum absolute atomic E-state index is 10.4. The van der Waals surface area contributed by atoms with Gasteiger partial charge in [-0.25, -0.2) is 0 Å². The van der Waals surface area contributed by atoms with Gasteiger partial charge < -0.3 is 10.6 Å². The summed E-state index contributed by atoms with van der Waals surface area (Å²) in [6, 6.07) is 3.33. The summed E-state index contributed by atoms with van der Waals surface area (Å²) in [6.07, 6.45) is 0.611. The first-order valence-electron chi connectivity index (χ1n) is 4.97. The van der Waals surface area contributed by atoms with Gasteiger partial charge in [-0.1, -0.05) is 37.0 Å². The van der Waals surface area contributed by atoms with Crippen LogP contribution in [0.5, 0.6) is 0 Å². The summed E-state index contributed by atoms with van der Waals surface area (Å²) in [5, 5.41) is 6.66. The van der Waals surface area contributed by atoms with Gasteiger partial charge in [0.25, 0.3) is 0 Å². The molecule has 5 heteroatoms. The number of amides is 1. The number of halogens is 2. The second kappa shape index (κ2) is 5.97. The van der Waals surface area contributed by atoms with E-state index in [9.17, 15) is 4.79 Å². The lowest BCUT2D eigenvalue weighted by Crippen LogP contribution is -2.10. The summed E-state index contributed by atoms with van der Waals surface area (Å²) in [4.78, 5) is 10.4. The van der Waals surface area contributed by atoms with Crippen molar-refractivity contribution in [2.45, 2.75) is 13.8 Å². The summed E-state index contributed by atoms with van der Waals surface area (Å²) < 4.78 is 0. The second-order valence-electron chi connectivity index (χ2n) is 3.85. The highest BCUT2D eigenvalue weighted by molar-refractivity contribution is 6.42. The van der Waals surface area contributed by atoms with E-state index in [4.69, 9.17) is 23.2 Å². The van der Waals surface area contributed by atoms with E-state index in [2.05, 4.69) is 24.5 Å². The van der Waals surface area contributed by atoms with Crippen molar-refractivity contribution in [1.29, 1.82) is 0 Å². The smallest absolute Gasteiger partial charge is 0.211 e. The van der Waals surface area contributed by atoms with Crippen molar-refractivity contribution in [1.82, 2.24) is 0 Å². The Bertz CT molecular complexity index is 380. The van der Waals surface area contributed by atoms with Gasteiger partial charge in [0.15, 0.2) is 0 Å². The van der Waals surface area contributed by atoms with Crippen LogP contribution in [0.4, 0.5) is 11.4 Å². The lowest BCUT2D eigenvalue weighted by atomic mass is 10.2. The summed E-state index contributed by atoms with van der Waals surface area (Å²) >= 11 is 11.8. The second-order valence-corrected chi connectivity index (χ2v) is 4.66. The topological polar surface area (TPSA) is 41.1 Å². The normalized spacial score (nSPS) is 10.3. The maximum Gasteiger partial charge on any atom is 0.211 e. The van der Waals surface area contributed by atoms with Gasteiger partial charge in [-0.3, -0.25) is 4.79 Å². The third-order valence-electron chi connectivity index (χ3n) is 1.98. The molecule has 1 rings (SSSR count). The number of rotatable bonds is 5. The minimum Gasteiger partial charge on any atom is -0.383 e. The molecule has 0 heterocycles. The molecule has 0 spiro atoms. The van der Waals surface area contributed by atoms with Crippen LogP contribution in [0.1, 0.15) is 13.8 Å². The fraction of sp³-hybridized carbons (Fsp3) is 0.364. The van der Waals surface area contributed by atoms with Crippen LogP contribution in [0, 0.1) is 5.92 Å². The number of hydrogen-bond donors (Lipinski definition) is 2. The summed E-state index contributed by atoms with van der Waals surface area (Å²) in [5.74, 6) is 0.499. The first-order valence-corrected chi connectivity index (χ1v) is 5.73. The quantitative estimate of drug-likeness (QED) is 0.794. The van der Waals surface area contributed by atoms with Crippen LogP contribution in [0.2, 0.25) is 10.0 Å². The van der Waals surface area contributed by atoms with Crippen molar-refractivity contribution in [2.75, 3.05) is 17.2 Å². The molecule has 0 unspecified atom stereocenters. The maximum atomic E-state index is 10.4. The number of hydrogen-bond acceptors (Lipinski definition) is 2. The zero-order valence-corrected chi connectivity index (χ0v) is 10.7. The molecule has 1 aromatic rings. The predicted octanol–water partition coefficient (Wildman–Crippen LogP) is 3.63. The molecule has 1 aromatic carbocycles. The Morgan fingerprint density at radius 2 is 1.81 bits per heavy atom. The van der Waals surface area contributed by atoms with Crippen LogP contribution in [0.3, 0.4) is 0 Å². The molecule has 88 valence electrons. The zero-order chi connectivity index (χ0) is 12.1. The Balaban J connectivity index is 2.94. The highest BCUT2D eigenvalue weighted by atomic mass is 35.5. The highest BCUT2D eigenvalue weighted by Crippen LogP contribution is 2.32.